The molecule has 5 nitrogen and oxygen atoms in total. The summed E-state index contributed by atoms with van der Waals surface area (Å²) in [6.07, 6.45) is 0.493. The molecule has 0 bridgehead atoms. The molecule has 0 aliphatic carbocycles. The summed E-state index contributed by atoms with van der Waals surface area (Å²) in [5.41, 5.74) is 7.45. The van der Waals surface area contributed by atoms with Gasteiger partial charge in [0.05, 0.1) is 0 Å². The zero-order valence-electron chi connectivity index (χ0n) is 26.1. The number of likely N-dealkylation sites (N-methyl/N-ethyl adjacent to an activating group) is 1. The van der Waals surface area contributed by atoms with Crippen LogP contribution in [0.3, 0.4) is 0 Å². The third-order valence-corrected chi connectivity index (χ3v) is 7.46. The number of hydrogen-bond acceptors (Lipinski definition) is 5. The highest BCUT2D eigenvalue weighted by atomic mass is 16.5. The van der Waals surface area contributed by atoms with Crippen LogP contribution in [0.15, 0.2) is 133 Å². The van der Waals surface area contributed by atoms with Crippen LogP contribution in [0.1, 0.15) is 34.2 Å². The molecule has 0 unspecified atom stereocenters. The van der Waals surface area contributed by atoms with Crippen molar-refractivity contribution >= 4 is 11.1 Å². The van der Waals surface area contributed by atoms with Gasteiger partial charge in [0.25, 0.3) is 0 Å². The molecule has 0 radical (unpaired) electrons. The van der Waals surface area contributed by atoms with Crippen LogP contribution in [0, 0.1) is 0 Å². The van der Waals surface area contributed by atoms with Gasteiger partial charge in [-0.2, -0.15) is 0 Å². The number of hydrogen-bond donors (Lipinski definition) is 1. The Labute approximate surface area is 267 Å². The second kappa shape index (κ2) is 16.3. The Hall–Kier alpha value is -4.84. The average Bonchev–Trinajstić information content (AvgIpc) is 3.08. The Morgan fingerprint density at radius 1 is 0.533 bits per heavy atom. The second-order valence-electron chi connectivity index (χ2n) is 11.1. The highest BCUT2D eigenvalue weighted by Gasteiger charge is 2.15. The van der Waals surface area contributed by atoms with E-state index in [2.05, 4.69) is 65.6 Å². The summed E-state index contributed by atoms with van der Waals surface area (Å²) < 4.78 is 18.1. The van der Waals surface area contributed by atoms with E-state index >= 15 is 0 Å². The van der Waals surface area contributed by atoms with Crippen LogP contribution in [-0.2, 0) is 13.2 Å². The topological polar surface area (TPSA) is 51.2 Å². The minimum absolute atomic E-state index is 0.0229. The Morgan fingerprint density at radius 2 is 0.956 bits per heavy atom. The molecule has 0 amide bonds. The molecule has 45 heavy (non-hydrogen) atoms. The lowest BCUT2D eigenvalue weighted by Gasteiger charge is -2.18. The molecule has 5 heteroatoms. The third kappa shape index (κ3) is 9.32. The fourth-order valence-corrected chi connectivity index (χ4v) is 5.06. The molecule has 0 aliphatic rings. The molecule has 5 rings (SSSR count). The Balaban J connectivity index is 1.44. The summed E-state index contributed by atoms with van der Waals surface area (Å²) in [7, 11) is 4.07. The van der Waals surface area contributed by atoms with Crippen molar-refractivity contribution < 1.29 is 19.3 Å². The van der Waals surface area contributed by atoms with Gasteiger partial charge in [0, 0.05) is 13.2 Å². The fraction of sp³-hybridized carbons (Fsp3) is 0.200. The minimum atomic E-state index is 0.0229. The van der Waals surface area contributed by atoms with Crippen molar-refractivity contribution in [3.63, 3.8) is 0 Å². The smallest absolute Gasteiger partial charge is 0.119 e. The molecule has 0 aromatic heterocycles. The molecule has 1 N–H and O–H groups in total. The number of aliphatic hydroxyl groups is 1. The van der Waals surface area contributed by atoms with E-state index in [1.54, 1.807) is 0 Å². The molecule has 0 saturated heterocycles. The normalized spacial score (nSPS) is 11.6. The maximum atomic E-state index is 10.2. The zero-order valence-corrected chi connectivity index (χ0v) is 26.1. The van der Waals surface area contributed by atoms with Crippen molar-refractivity contribution in [1.82, 2.24) is 4.90 Å². The van der Waals surface area contributed by atoms with E-state index in [0.29, 0.717) is 26.2 Å². The monoisotopic (exact) mass is 599 g/mol. The number of aliphatic hydroxyl groups excluding tert-OH is 1. The first-order chi connectivity index (χ1) is 22.1. The summed E-state index contributed by atoms with van der Waals surface area (Å²) >= 11 is 0. The molecule has 230 valence electrons. The largest absolute Gasteiger partial charge is 0.492 e. The molecule has 5 aromatic carbocycles. The molecule has 0 heterocycles. The van der Waals surface area contributed by atoms with Gasteiger partial charge >= 0.3 is 0 Å². The van der Waals surface area contributed by atoms with E-state index in [4.69, 9.17) is 14.2 Å². The van der Waals surface area contributed by atoms with Crippen LogP contribution in [-0.4, -0.2) is 43.9 Å². The SMILES string of the molecule is CN(C)CCOc1ccc(C(=C(CCO)c2ccc(OCc3ccccc3)cc2)c2ccc(OCc3ccccc3)cc2)cc1. The lowest BCUT2D eigenvalue weighted by atomic mass is 9.88. The van der Waals surface area contributed by atoms with Crippen molar-refractivity contribution in [1.29, 1.82) is 0 Å². The molecule has 5 aromatic rings. The van der Waals surface area contributed by atoms with E-state index in [1.807, 2.05) is 86.9 Å². The van der Waals surface area contributed by atoms with Gasteiger partial charge in [-0.25, -0.2) is 0 Å². The molecular weight excluding hydrogens is 558 g/mol. The van der Waals surface area contributed by atoms with E-state index in [9.17, 15) is 5.11 Å². The second-order valence-corrected chi connectivity index (χ2v) is 11.1. The number of rotatable bonds is 15. The van der Waals surface area contributed by atoms with Crippen LogP contribution < -0.4 is 14.2 Å². The van der Waals surface area contributed by atoms with Crippen molar-refractivity contribution in [3.05, 3.63) is 161 Å². The number of nitrogens with zero attached hydrogens (tertiary/aromatic N) is 1. The summed E-state index contributed by atoms with van der Waals surface area (Å²) in [5, 5.41) is 10.2. The van der Waals surface area contributed by atoms with Gasteiger partial charge in [-0.15, -0.1) is 0 Å². The van der Waals surface area contributed by atoms with Crippen molar-refractivity contribution in [2.75, 3.05) is 33.9 Å². The third-order valence-electron chi connectivity index (χ3n) is 7.46. The van der Waals surface area contributed by atoms with Crippen LogP contribution in [0.5, 0.6) is 17.2 Å². The Bertz CT molecular complexity index is 1610. The van der Waals surface area contributed by atoms with Crippen molar-refractivity contribution in [2.45, 2.75) is 19.6 Å². The summed E-state index contributed by atoms with van der Waals surface area (Å²) in [4.78, 5) is 2.10. The first kappa shape index (κ1) is 31.6. The van der Waals surface area contributed by atoms with Gasteiger partial charge in [0.1, 0.15) is 37.1 Å². The van der Waals surface area contributed by atoms with Gasteiger partial charge in [-0.05, 0) is 95.9 Å². The van der Waals surface area contributed by atoms with E-state index in [0.717, 1.165) is 62.8 Å². The lowest BCUT2D eigenvalue weighted by molar-refractivity contribution is 0.261. The van der Waals surface area contributed by atoms with Crippen LogP contribution in [0.25, 0.3) is 11.1 Å². The standard InChI is InChI=1S/C40H41NO4/c1-41(2)26-28-43-36-21-15-34(16-22-36)40(35-17-23-38(24-18-35)45-30-32-11-7-4-8-12-32)39(25-27-42)33-13-19-37(20-14-33)44-29-31-9-5-3-6-10-31/h3-24,42H,25-30H2,1-2H3. The molecule has 0 fully saturated rings. The highest BCUT2D eigenvalue weighted by Crippen LogP contribution is 2.36. The van der Waals surface area contributed by atoms with Crippen molar-refractivity contribution in [3.8, 4) is 17.2 Å². The van der Waals surface area contributed by atoms with Crippen LogP contribution in [0.4, 0.5) is 0 Å². The summed E-state index contributed by atoms with van der Waals surface area (Å²) in [5.74, 6) is 2.43. The number of ether oxygens (including phenoxy) is 3. The quantitative estimate of drug-likeness (QED) is 0.123. The van der Waals surface area contributed by atoms with Crippen LogP contribution >= 0.6 is 0 Å². The fourth-order valence-electron chi connectivity index (χ4n) is 5.06. The molecule has 0 aliphatic heterocycles. The van der Waals surface area contributed by atoms with E-state index in [-0.39, 0.29) is 6.61 Å². The van der Waals surface area contributed by atoms with Gasteiger partial charge in [0.15, 0.2) is 0 Å². The molecule has 0 saturated carbocycles. The first-order valence-corrected chi connectivity index (χ1v) is 15.4. The Morgan fingerprint density at radius 3 is 1.38 bits per heavy atom. The average molecular weight is 600 g/mol. The first-order valence-electron chi connectivity index (χ1n) is 15.4. The predicted molar refractivity (Wildman–Crippen MR) is 183 cm³/mol. The van der Waals surface area contributed by atoms with E-state index in [1.165, 1.54) is 0 Å². The van der Waals surface area contributed by atoms with Crippen molar-refractivity contribution in [2.24, 2.45) is 0 Å². The van der Waals surface area contributed by atoms with Gasteiger partial charge < -0.3 is 24.2 Å². The summed E-state index contributed by atoms with van der Waals surface area (Å²) in [6.45, 7) is 2.50. The number of benzene rings is 5. The maximum Gasteiger partial charge on any atom is 0.119 e. The van der Waals surface area contributed by atoms with Gasteiger partial charge in [-0.3, -0.25) is 0 Å². The molecule has 0 atom stereocenters. The van der Waals surface area contributed by atoms with Crippen LogP contribution in [0.2, 0.25) is 0 Å². The lowest BCUT2D eigenvalue weighted by Crippen LogP contribution is -2.19. The highest BCUT2D eigenvalue weighted by molar-refractivity contribution is 5.98. The zero-order chi connectivity index (χ0) is 31.3. The molecular formula is C40H41NO4. The summed E-state index contributed by atoms with van der Waals surface area (Å²) in [6, 6.07) is 44.8. The van der Waals surface area contributed by atoms with E-state index < -0.39 is 0 Å². The maximum absolute atomic E-state index is 10.2. The Kier molecular flexibility index (Phi) is 11.4. The minimum Gasteiger partial charge on any atom is -0.492 e. The molecule has 0 spiro atoms. The van der Waals surface area contributed by atoms with Gasteiger partial charge in [-0.1, -0.05) is 97.1 Å². The van der Waals surface area contributed by atoms with Gasteiger partial charge in [0.2, 0.25) is 0 Å². The predicted octanol–water partition coefficient (Wildman–Crippen LogP) is 8.13.